The van der Waals surface area contributed by atoms with E-state index in [1.165, 1.54) is 30.6 Å². The monoisotopic (exact) mass is 560 g/mol. The van der Waals surface area contributed by atoms with Crippen molar-refractivity contribution in [3.8, 4) is 5.75 Å². The zero-order chi connectivity index (χ0) is 27.8. The van der Waals surface area contributed by atoms with Gasteiger partial charge in [-0.2, -0.15) is 0 Å². The predicted octanol–water partition coefficient (Wildman–Crippen LogP) is 3.47. The molecule has 204 valence electrons. The zero-order valence-corrected chi connectivity index (χ0v) is 21.2. The zero-order valence-electron chi connectivity index (χ0n) is 20.4. The van der Waals surface area contributed by atoms with Crippen molar-refractivity contribution in [2.75, 3.05) is 36.4 Å². The van der Waals surface area contributed by atoms with Crippen molar-refractivity contribution in [2.24, 2.45) is 5.14 Å². The molecule has 1 saturated heterocycles. The lowest BCUT2D eigenvalue weighted by Crippen LogP contribution is -2.50. The number of ether oxygens (including phenoxy) is 1. The highest BCUT2D eigenvalue weighted by Gasteiger charge is 2.31. The van der Waals surface area contributed by atoms with Crippen LogP contribution in [0.3, 0.4) is 0 Å². The number of nitrogens with zero attached hydrogens (tertiary/aromatic N) is 4. The van der Waals surface area contributed by atoms with Crippen LogP contribution in [-0.4, -0.2) is 61.9 Å². The Morgan fingerprint density at radius 3 is 2.41 bits per heavy atom. The van der Waals surface area contributed by atoms with E-state index in [1.807, 2.05) is 17.0 Å². The van der Waals surface area contributed by atoms with Crippen LogP contribution in [0.1, 0.15) is 16.8 Å². The van der Waals surface area contributed by atoms with Gasteiger partial charge in [0.1, 0.15) is 17.9 Å². The predicted molar refractivity (Wildman–Crippen MR) is 137 cm³/mol. The molecule has 0 atom stereocenters. The minimum Gasteiger partial charge on any atom is -0.406 e. The second-order valence-corrected chi connectivity index (χ2v) is 10.5. The summed E-state index contributed by atoms with van der Waals surface area (Å²) >= 11 is 0. The van der Waals surface area contributed by atoms with Crippen LogP contribution in [0.2, 0.25) is 0 Å². The first kappa shape index (κ1) is 26.4. The number of sulfonamides is 1. The van der Waals surface area contributed by atoms with Gasteiger partial charge in [-0.25, -0.2) is 28.3 Å². The summed E-state index contributed by atoms with van der Waals surface area (Å²) in [6, 6.07) is 11.0. The van der Waals surface area contributed by atoms with Crippen molar-refractivity contribution in [3.63, 3.8) is 0 Å². The fraction of sp³-hybridized carbons (Fsp3) is 0.240. The second kappa shape index (κ2) is 10.2. The molecule has 0 saturated carbocycles. The highest BCUT2D eigenvalue weighted by Crippen LogP contribution is 2.35. The Bertz CT molecular complexity index is 1540. The van der Waals surface area contributed by atoms with E-state index in [4.69, 9.17) is 5.14 Å². The number of primary sulfonamides is 1. The standard InChI is InChI=1S/C25H23F3N6O4S/c26-25(27,28)38-19-6-4-18(5-7-19)32-24(35)34-10-8-33(9-11-34)23-21-13-17(14-22(21)30-15-31-23)16-2-1-3-20(12-16)39(29,36)37/h1-7,12-13,15H,8-11,14H2,(H,32,35)(H2,29,36,37). The van der Waals surface area contributed by atoms with Gasteiger partial charge in [0.05, 0.1) is 10.6 Å². The highest BCUT2D eigenvalue weighted by atomic mass is 32.2. The number of halogens is 3. The third kappa shape index (κ3) is 6.12. The Balaban J connectivity index is 1.24. The first-order chi connectivity index (χ1) is 18.5. The number of hydrogen-bond donors (Lipinski definition) is 2. The van der Waals surface area contributed by atoms with E-state index >= 15 is 0 Å². The minimum absolute atomic E-state index is 0.0307. The molecule has 2 amide bonds. The summed E-state index contributed by atoms with van der Waals surface area (Å²) in [7, 11) is -3.84. The average molecular weight is 561 g/mol. The molecule has 2 aromatic carbocycles. The molecule has 0 radical (unpaired) electrons. The van der Waals surface area contributed by atoms with Crippen LogP contribution in [0.4, 0.5) is 29.5 Å². The van der Waals surface area contributed by atoms with Crippen molar-refractivity contribution in [3.05, 3.63) is 71.7 Å². The number of aromatic nitrogens is 2. The quantitative estimate of drug-likeness (QED) is 0.489. The van der Waals surface area contributed by atoms with E-state index in [0.29, 0.717) is 38.3 Å². The Labute approximate surface area is 222 Å². The number of amides is 2. The number of benzene rings is 2. The van der Waals surface area contributed by atoms with Crippen molar-refractivity contribution in [1.29, 1.82) is 0 Å². The van der Waals surface area contributed by atoms with Crippen LogP contribution < -0.4 is 20.1 Å². The van der Waals surface area contributed by atoms with E-state index < -0.39 is 16.4 Å². The van der Waals surface area contributed by atoms with Crippen LogP contribution in [0.25, 0.3) is 11.6 Å². The maximum Gasteiger partial charge on any atom is 0.573 e. The summed E-state index contributed by atoms with van der Waals surface area (Å²) in [5.41, 5.74) is 3.61. The molecular formula is C25H23F3N6O4S. The first-order valence-corrected chi connectivity index (χ1v) is 13.4. The van der Waals surface area contributed by atoms with Gasteiger partial charge >= 0.3 is 12.4 Å². The molecular weight excluding hydrogens is 537 g/mol. The number of fused-ring (bicyclic) bond motifs is 1. The van der Waals surface area contributed by atoms with Crippen LogP contribution >= 0.6 is 0 Å². The van der Waals surface area contributed by atoms with Crippen LogP contribution in [0, 0.1) is 0 Å². The molecule has 1 aromatic heterocycles. The lowest BCUT2D eigenvalue weighted by molar-refractivity contribution is -0.274. The lowest BCUT2D eigenvalue weighted by Gasteiger charge is -2.35. The topological polar surface area (TPSA) is 131 Å². The van der Waals surface area contributed by atoms with Crippen LogP contribution in [0.5, 0.6) is 5.75 Å². The summed E-state index contributed by atoms with van der Waals surface area (Å²) in [5, 5.41) is 7.96. The van der Waals surface area contributed by atoms with E-state index in [2.05, 4.69) is 20.0 Å². The molecule has 0 bridgehead atoms. The summed E-state index contributed by atoms with van der Waals surface area (Å²) in [4.78, 5) is 25.3. The second-order valence-electron chi connectivity index (χ2n) is 8.95. The molecule has 0 spiro atoms. The number of carbonyl (C=O) groups is 1. The van der Waals surface area contributed by atoms with E-state index in [-0.39, 0.29) is 16.7 Å². The van der Waals surface area contributed by atoms with Gasteiger partial charge < -0.3 is 19.9 Å². The highest BCUT2D eigenvalue weighted by molar-refractivity contribution is 7.89. The smallest absolute Gasteiger partial charge is 0.406 e. The van der Waals surface area contributed by atoms with Gasteiger partial charge in [-0.15, -0.1) is 13.2 Å². The molecule has 2 heterocycles. The first-order valence-electron chi connectivity index (χ1n) is 11.8. The molecule has 39 heavy (non-hydrogen) atoms. The average Bonchev–Trinajstić information content (AvgIpc) is 3.33. The Morgan fingerprint density at radius 1 is 1.03 bits per heavy atom. The summed E-state index contributed by atoms with van der Waals surface area (Å²) in [6.45, 7) is 1.79. The molecule has 5 rings (SSSR count). The number of alkyl halides is 3. The van der Waals surface area contributed by atoms with Gasteiger partial charge in [0, 0.05) is 43.9 Å². The Hall–Kier alpha value is -4.17. The molecule has 14 heteroatoms. The molecule has 3 N–H and O–H groups in total. The summed E-state index contributed by atoms with van der Waals surface area (Å²) in [5.74, 6) is 0.346. The van der Waals surface area contributed by atoms with E-state index in [1.54, 1.807) is 11.0 Å². The summed E-state index contributed by atoms with van der Waals surface area (Å²) in [6.07, 6.45) is -0.854. The van der Waals surface area contributed by atoms with E-state index in [0.717, 1.165) is 40.3 Å². The molecule has 1 aliphatic heterocycles. The summed E-state index contributed by atoms with van der Waals surface area (Å²) < 4.78 is 64.4. The van der Waals surface area contributed by atoms with Crippen molar-refractivity contribution in [2.45, 2.75) is 17.7 Å². The Kier molecular flexibility index (Phi) is 6.91. The number of allylic oxidation sites excluding steroid dienone is 1. The van der Waals surface area contributed by atoms with Crippen molar-refractivity contribution < 1.29 is 31.1 Å². The largest absolute Gasteiger partial charge is 0.573 e. The third-order valence-electron chi connectivity index (χ3n) is 6.36. The van der Waals surface area contributed by atoms with Crippen molar-refractivity contribution >= 4 is 39.2 Å². The molecule has 1 fully saturated rings. The molecule has 2 aliphatic rings. The van der Waals surface area contributed by atoms with Gasteiger partial charge in [-0.1, -0.05) is 12.1 Å². The maximum absolute atomic E-state index is 12.7. The lowest BCUT2D eigenvalue weighted by atomic mass is 10.1. The number of hydrogen-bond acceptors (Lipinski definition) is 7. The number of nitrogens with one attached hydrogen (secondary N) is 1. The fourth-order valence-corrected chi connectivity index (χ4v) is 5.05. The number of urea groups is 1. The number of piperazine rings is 1. The Morgan fingerprint density at radius 2 is 1.74 bits per heavy atom. The van der Waals surface area contributed by atoms with Gasteiger partial charge in [0.25, 0.3) is 0 Å². The van der Waals surface area contributed by atoms with Crippen LogP contribution in [0.15, 0.2) is 59.8 Å². The maximum atomic E-state index is 12.7. The van der Waals surface area contributed by atoms with Gasteiger partial charge in [-0.3, -0.25) is 0 Å². The van der Waals surface area contributed by atoms with Gasteiger partial charge in [-0.05, 0) is 53.6 Å². The number of nitrogens with two attached hydrogens (primary N) is 1. The number of carbonyl (C=O) groups excluding carboxylic acids is 1. The van der Waals surface area contributed by atoms with Crippen LogP contribution in [-0.2, 0) is 16.4 Å². The number of rotatable bonds is 5. The fourth-order valence-electron chi connectivity index (χ4n) is 4.49. The molecule has 0 unspecified atom stereocenters. The normalized spacial score (nSPS) is 15.5. The molecule has 3 aromatic rings. The van der Waals surface area contributed by atoms with Gasteiger partial charge in [0.15, 0.2) is 0 Å². The van der Waals surface area contributed by atoms with E-state index in [9.17, 15) is 26.4 Å². The SMILES string of the molecule is NS(=O)(=O)c1cccc(C2=Cc3c(ncnc3N3CCN(C(=O)Nc4ccc(OC(F)(F)F)cc4)CC3)C2)c1. The van der Waals surface area contributed by atoms with Crippen molar-refractivity contribution in [1.82, 2.24) is 14.9 Å². The third-order valence-corrected chi connectivity index (χ3v) is 7.27. The minimum atomic E-state index is -4.79. The molecule has 1 aliphatic carbocycles. The van der Waals surface area contributed by atoms with Gasteiger partial charge in [0.2, 0.25) is 10.0 Å². The number of anilines is 2. The molecule has 10 nitrogen and oxygen atoms in total.